The molecular weight excluding hydrogens is 215 g/mol. The van der Waals surface area contributed by atoms with Crippen LogP contribution in [0.25, 0.3) is 0 Å². The summed E-state index contributed by atoms with van der Waals surface area (Å²) in [6.45, 7) is 0. The molecule has 0 amide bonds. The van der Waals surface area contributed by atoms with Crippen LogP contribution < -0.4 is 0 Å². The Bertz CT molecular complexity index is 423. The van der Waals surface area contributed by atoms with Gasteiger partial charge >= 0.3 is 16.5 Å². The molecule has 0 aromatic carbocycles. The van der Waals surface area contributed by atoms with Gasteiger partial charge in [0, 0.05) is 0 Å². The molecule has 1 aliphatic rings. The molecule has 0 fully saturated rings. The van der Waals surface area contributed by atoms with E-state index in [1.54, 1.807) is 0 Å². The number of carbonyl (C=O) groups is 1. The van der Waals surface area contributed by atoms with E-state index in [2.05, 4.69) is 9.18 Å². The average Bonchev–Trinajstić information content (AvgIpc) is 1.95. The molecule has 0 radical (unpaired) electrons. The third-order valence-electron chi connectivity index (χ3n) is 0.968. The highest BCUT2D eigenvalue weighted by Gasteiger charge is 2.33. The summed E-state index contributed by atoms with van der Waals surface area (Å²) in [5.74, 6) is -5.13. The summed E-state index contributed by atoms with van der Waals surface area (Å²) in [5, 5.41) is 0. The summed E-state index contributed by atoms with van der Waals surface area (Å²) in [6.07, 6.45) is 0. The lowest BCUT2D eigenvalue weighted by Gasteiger charge is -2.07. The highest BCUT2D eigenvalue weighted by atomic mass is 32.3. The van der Waals surface area contributed by atoms with E-state index in [-0.39, 0.29) is 0 Å². The number of aliphatic imine (C=N–C) groups is 1. The van der Waals surface area contributed by atoms with Crippen molar-refractivity contribution >= 4 is 22.2 Å². The maximum absolute atomic E-state index is 12.2. The fraction of sp³-hybridized carbons (Fsp3) is 0. The Labute approximate surface area is 69.9 Å². The molecular formula is C4F3NO4S. The molecule has 0 atom stereocenters. The molecule has 0 unspecified atom stereocenters. The summed E-state index contributed by atoms with van der Waals surface area (Å²) in [5.41, 5.74) is -1.20. The Hall–Kier alpha value is -1.38. The summed E-state index contributed by atoms with van der Waals surface area (Å²) < 4.78 is 58.0. The molecule has 1 rings (SSSR count). The minimum atomic E-state index is -5.53. The maximum atomic E-state index is 12.2. The van der Waals surface area contributed by atoms with Crippen LogP contribution in [0.5, 0.6) is 0 Å². The van der Waals surface area contributed by atoms with E-state index in [4.69, 9.17) is 0 Å². The van der Waals surface area contributed by atoms with Crippen LogP contribution in [0, 0.1) is 0 Å². The van der Waals surface area contributed by atoms with E-state index in [1.807, 2.05) is 0 Å². The van der Waals surface area contributed by atoms with Crippen molar-refractivity contribution in [1.29, 1.82) is 0 Å². The molecule has 0 aromatic heterocycles. The lowest BCUT2D eigenvalue weighted by molar-refractivity contribution is -0.126. The van der Waals surface area contributed by atoms with Gasteiger partial charge in [-0.1, -0.05) is 3.89 Å². The van der Waals surface area contributed by atoms with Crippen molar-refractivity contribution in [1.82, 2.24) is 0 Å². The van der Waals surface area contributed by atoms with Gasteiger partial charge in [-0.2, -0.15) is 17.2 Å². The first-order valence-corrected chi connectivity index (χ1v) is 3.95. The number of nitrogens with zero attached hydrogens (tertiary/aromatic N) is 1. The smallest absolute Gasteiger partial charge is 0.315 e. The Balaban J connectivity index is 2.70. The molecule has 0 N–H and O–H groups in total. The molecule has 0 spiro atoms. The van der Waals surface area contributed by atoms with Gasteiger partial charge < -0.3 is 4.18 Å². The minimum absolute atomic E-state index is 1.20. The summed E-state index contributed by atoms with van der Waals surface area (Å²) in [7, 11) is -5.53. The first kappa shape index (κ1) is 9.71. The number of hydrogen-bond donors (Lipinski definition) is 0. The Kier molecular flexibility index (Phi) is 2.12. The van der Waals surface area contributed by atoms with Crippen molar-refractivity contribution in [2.24, 2.45) is 4.99 Å². The van der Waals surface area contributed by atoms with Gasteiger partial charge in [-0.15, -0.1) is 0 Å². The van der Waals surface area contributed by atoms with Gasteiger partial charge in [0.1, 0.15) is 0 Å². The minimum Gasteiger partial charge on any atom is -0.315 e. The van der Waals surface area contributed by atoms with E-state index in [0.29, 0.717) is 0 Å². The zero-order chi connectivity index (χ0) is 10.2. The molecule has 1 aliphatic heterocycles. The lowest BCUT2D eigenvalue weighted by Crippen LogP contribution is -2.24. The van der Waals surface area contributed by atoms with Crippen molar-refractivity contribution in [2.45, 2.75) is 0 Å². The Morgan fingerprint density at radius 3 is 2.23 bits per heavy atom. The van der Waals surface area contributed by atoms with Gasteiger partial charge in [0.25, 0.3) is 5.95 Å². The molecule has 1 heterocycles. The average molecular weight is 215 g/mol. The van der Waals surface area contributed by atoms with E-state index < -0.39 is 34.0 Å². The van der Waals surface area contributed by atoms with Gasteiger partial charge in [0.15, 0.2) is 5.71 Å². The first-order valence-electron chi connectivity index (χ1n) is 2.64. The van der Waals surface area contributed by atoms with E-state index >= 15 is 0 Å². The molecule has 0 aromatic rings. The van der Waals surface area contributed by atoms with Crippen LogP contribution in [0.3, 0.4) is 0 Å². The van der Waals surface area contributed by atoms with Gasteiger partial charge in [-0.25, -0.2) is 9.79 Å². The largest absolute Gasteiger partial charge is 0.491 e. The fourth-order valence-corrected chi connectivity index (χ4v) is 0.766. The summed E-state index contributed by atoms with van der Waals surface area (Å²) in [4.78, 5) is 12.9. The topological polar surface area (TPSA) is 72.8 Å². The standard InChI is InChI=1S/C4F3NO4S/c5-1-2(8-3(1)6)4(9)12-13(7,10)11. The van der Waals surface area contributed by atoms with Crippen LogP contribution in [0.4, 0.5) is 12.7 Å². The van der Waals surface area contributed by atoms with Crippen LogP contribution in [0.2, 0.25) is 0 Å². The first-order chi connectivity index (χ1) is 5.81. The second-order valence-corrected chi connectivity index (χ2v) is 2.78. The van der Waals surface area contributed by atoms with Crippen molar-refractivity contribution < 1.29 is 30.1 Å². The second-order valence-electron chi connectivity index (χ2n) is 1.83. The third kappa shape index (κ3) is 2.05. The predicted molar refractivity (Wildman–Crippen MR) is 32.8 cm³/mol. The molecule has 9 heteroatoms. The summed E-state index contributed by atoms with van der Waals surface area (Å²) in [6, 6.07) is 0. The Morgan fingerprint density at radius 1 is 1.38 bits per heavy atom. The second kappa shape index (κ2) is 2.83. The van der Waals surface area contributed by atoms with E-state index in [9.17, 15) is 25.9 Å². The predicted octanol–water partition coefficient (Wildman–Crippen LogP) is 0.307. The number of hydrogen-bond acceptors (Lipinski definition) is 5. The van der Waals surface area contributed by atoms with Gasteiger partial charge in [-0.05, 0) is 0 Å². The van der Waals surface area contributed by atoms with Crippen molar-refractivity contribution in [3.05, 3.63) is 11.8 Å². The Morgan fingerprint density at radius 2 is 1.92 bits per heavy atom. The van der Waals surface area contributed by atoms with Gasteiger partial charge in [-0.3, -0.25) is 0 Å². The normalized spacial score (nSPS) is 16.4. The SMILES string of the molecule is O=C(OS(=O)(=O)F)C1=NC(F)=C1F. The van der Waals surface area contributed by atoms with Gasteiger partial charge in [0.05, 0.1) is 0 Å². The van der Waals surface area contributed by atoms with Crippen LogP contribution in [-0.2, 0) is 19.5 Å². The quantitative estimate of drug-likeness (QED) is 0.490. The zero-order valence-electron chi connectivity index (χ0n) is 5.62. The van der Waals surface area contributed by atoms with Gasteiger partial charge in [0.2, 0.25) is 5.83 Å². The molecule has 0 aliphatic carbocycles. The van der Waals surface area contributed by atoms with E-state index in [1.165, 1.54) is 0 Å². The van der Waals surface area contributed by atoms with Crippen molar-refractivity contribution in [2.75, 3.05) is 0 Å². The zero-order valence-corrected chi connectivity index (χ0v) is 6.44. The molecule has 0 saturated carbocycles. The molecule has 0 saturated heterocycles. The molecule has 72 valence electrons. The highest BCUT2D eigenvalue weighted by Crippen LogP contribution is 2.22. The molecule has 13 heavy (non-hydrogen) atoms. The van der Waals surface area contributed by atoms with Crippen molar-refractivity contribution in [3.63, 3.8) is 0 Å². The number of rotatable bonds is 2. The molecule has 0 bridgehead atoms. The number of halogens is 3. The lowest BCUT2D eigenvalue weighted by atomic mass is 10.3. The van der Waals surface area contributed by atoms with Crippen LogP contribution >= 0.6 is 0 Å². The summed E-state index contributed by atoms with van der Waals surface area (Å²) >= 11 is 0. The monoisotopic (exact) mass is 215 g/mol. The molecule has 5 nitrogen and oxygen atoms in total. The van der Waals surface area contributed by atoms with Crippen molar-refractivity contribution in [3.8, 4) is 0 Å². The third-order valence-corrected chi connectivity index (χ3v) is 1.32. The van der Waals surface area contributed by atoms with Crippen LogP contribution in [-0.4, -0.2) is 20.1 Å². The highest BCUT2D eigenvalue weighted by molar-refractivity contribution is 7.82. The maximum Gasteiger partial charge on any atom is 0.491 e. The van der Waals surface area contributed by atoms with Crippen LogP contribution in [0.1, 0.15) is 0 Å². The fourth-order valence-electron chi connectivity index (χ4n) is 0.506. The number of carbonyl (C=O) groups excluding carboxylic acids is 1. The van der Waals surface area contributed by atoms with Crippen LogP contribution in [0.15, 0.2) is 16.8 Å². The van der Waals surface area contributed by atoms with E-state index in [0.717, 1.165) is 0 Å².